The van der Waals surface area contributed by atoms with Crippen molar-refractivity contribution < 1.29 is 0 Å². The van der Waals surface area contributed by atoms with Gasteiger partial charge in [-0.3, -0.25) is 0 Å². The number of hydrogen-bond donors (Lipinski definition) is 0. The van der Waals surface area contributed by atoms with Crippen molar-refractivity contribution in [3.8, 4) is 67.5 Å². The van der Waals surface area contributed by atoms with Crippen LogP contribution in [0.2, 0.25) is 0 Å². The maximum Gasteiger partial charge on any atom is 0.164 e. The van der Waals surface area contributed by atoms with E-state index in [0.29, 0.717) is 17.5 Å². The molecule has 0 amide bonds. The van der Waals surface area contributed by atoms with E-state index < -0.39 is 0 Å². The fraction of sp³-hybridized carbons (Fsp3) is 0. The molecule has 5 heteroatoms. The molecule has 10 aromatic carbocycles. The van der Waals surface area contributed by atoms with Crippen LogP contribution in [0.5, 0.6) is 0 Å². The average molecular weight is 790 g/mol. The van der Waals surface area contributed by atoms with E-state index in [9.17, 15) is 0 Å². The summed E-state index contributed by atoms with van der Waals surface area (Å²) >= 11 is 0. The summed E-state index contributed by atoms with van der Waals surface area (Å²) in [5, 5.41) is 11.9. The second-order valence-electron chi connectivity index (χ2n) is 15.9. The van der Waals surface area contributed by atoms with E-state index in [4.69, 9.17) is 15.0 Å². The van der Waals surface area contributed by atoms with Gasteiger partial charge in [0.05, 0.1) is 0 Å². The number of fused-ring (bicyclic) bond motifs is 5. The summed E-state index contributed by atoms with van der Waals surface area (Å²) in [6.45, 7) is 0. The molecular weight excluding hydrogens is 755 g/mol. The predicted octanol–water partition coefficient (Wildman–Crippen LogP) is 14.4. The molecule has 0 aliphatic rings. The normalized spacial score (nSPS) is 11.5. The number of rotatable bonds is 6. The molecule has 0 atom stereocenters. The molecule has 0 N–H and O–H groups in total. The van der Waals surface area contributed by atoms with Crippen molar-refractivity contribution in [1.29, 1.82) is 0 Å². The highest BCUT2D eigenvalue weighted by Crippen LogP contribution is 2.37. The van der Waals surface area contributed by atoms with Gasteiger partial charge >= 0.3 is 0 Å². The van der Waals surface area contributed by atoms with Gasteiger partial charge in [-0.05, 0) is 136 Å². The molecule has 12 aromatic rings. The van der Waals surface area contributed by atoms with E-state index >= 15 is 0 Å². The van der Waals surface area contributed by atoms with Gasteiger partial charge in [0, 0.05) is 34.6 Å². The highest BCUT2D eigenvalue weighted by atomic mass is 15.0. The van der Waals surface area contributed by atoms with Gasteiger partial charge in [0.25, 0.3) is 0 Å². The molecule has 0 spiro atoms. The standard InChI is InChI=1S/C57H35N5/c1-3-11-41-26-47-28-45(22-20-43(47)24-39(41)9-1)49-30-50(46-23-21-44-25-40-10-2-4-12-42(40)27-48(44)29-46)32-51(31-49)56-60-55(38-18-16-36(17-19-38)52-33-58-35-59-34-52)61-57(62-56)54-15-7-13-37-8-5-6-14-53(37)54/h1-35H. The Bertz CT molecular complexity index is 3550. The van der Waals surface area contributed by atoms with Crippen LogP contribution in [-0.4, -0.2) is 24.9 Å². The molecule has 0 unspecified atom stereocenters. The van der Waals surface area contributed by atoms with Crippen molar-refractivity contribution in [1.82, 2.24) is 24.9 Å². The van der Waals surface area contributed by atoms with Gasteiger partial charge in [0.15, 0.2) is 17.5 Å². The second kappa shape index (κ2) is 14.7. The van der Waals surface area contributed by atoms with Crippen LogP contribution in [-0.2, 0) is 0 Å². The van der Waals surface area contributed by atoms with Gasteiger partial charge in [-0.15, -0.1) is 0 Å². The molecule has 0 aliphatic heterocycles. The third-order valence-electron chi connectivity index (χ3n) is 12.0. The van der Waals surface area contributed by atoms with Gasteiger partial charge in [-0.1, -0.05) is 140 Å². The average Bonchev–Trinajstić information content (AvgIpc) is 3.34. The number of benzene rings is 10. The maximum absolute atomic E-state index is 5.31. The SMILES string of the molecule is c1ccc2cc3cc(-c4cc(-c5ccc6cc7ccccc7cc6c5)cc(-c5nc(-c6ccc(-c7cncnc7)cc6)nc(-c6cccc7ccccc67)n5)c4)ccc3cc2c1. The molecule has 0 bridgehead atoms. The lowest BCUT2D eigenvalue weighted by Gasteiger charge is -2.14. The molecule has 0 saturated heterocycles. The molecule has 62 heavy (non-hydrogen) atoms. The van der Waals surface area contributed by atoms with Crippen molar-refractivity contribution in [2.45, 2.75) is 0 Å². The molecule has 288 valence electrons. The van der Waals surface area contributed by atoms with Crippen molar-refractivity contribution in [2.24, 2.45) is 0 Å². The lowest BCUT2D eigenvalue weighted by atomic mass is 9.92. The molecule has 0 fully saturated rings. The molecular formula is C57H35N5. The van der Waals surface area contributed by atoms with E-state index in [1.54, 1.807) is 6.33 Å². The Morgan fingerprint density at radius 1 is 0.242 bits per heavy atom. The summed E-state index contributed by atoms with van der Waals surface area (Å²) in [6.07, 6.45) is 5.19. The lowest BCUT2D eigenvalue weighted by Crippen LogP contribution is -2.01. The van der Waals surface area contributed by atoms with E-state index in [1.165, 1.54) is 43.1 Å². The smallest absolute Gasteiger partial charge is 0.164 e. The number of aromatic nitrogens is 5. The minimum atomic E-state index is 0.593. The van der Waals surface area contributed by atoms with Gasteiger partial charge in [-0.2, -0.15) is 0 Å². The molecule has 0 radical (unpaired) electrons. The highest BCUT2D eigenvalue weighted by molar-refractivity contribution is 6.02. The van der Waals surface area contributed by atoms with E-state index in [2.05, 4.69) is 204 Å². The fourth-order valence-electron chi connectivity index (χ4n) is 8.76. The first kappa shape index (κ1) is 35.5. The monoisotopic (exact) mass is 789 g/mol. The summed E-state index contributed by atoms with van der Waals surface area (Å²) in [5.41, 5.74) is 9.09. The fourth-order valence-corrected chi connectivity index (χ4v) is 8.76. The van der Waals surface area contributed by atoms with E-state index in [-0.39, 0.29) is 0 Å². The van der Waals surface area contributed by atoms with Crippen LogP contribution in [0, 0.1) is 0 Å². The third kappa shape index (κ3) is 6.49. The van der Waals surface area contributed by atoms with Crippen LogP contribution in [0.4, 0.5) is 0 Å². The molecule has 2 aromatic heterocycles. The van der Waals surface area contributed by atoms with Crippen LogP contribution in [0.1, 0.15) is 0 Å². The zero-order valence-corrected chi connectivity index (χ0v) is 33.4. The molecule has 0 aliphatic carbocycles. The summed E-state index contributed by atoms with van der Waals surface area (Å²) < 4.78 is 0. The van der Waals surface area contributed by atoms with Gasteiger partial charge in [0.1, 0.15) is 6.33 Å². The lowest BCUT2D eigenvalue weighted by molar-refractivity contribution is 1.08. The van der Waals surface area contributed by atoms with Crippen LogP contribution in [0.25, 0.3) is 121 Å². The maximum atomic E-state index is 5.31. The third-order valence-corrected chi connectivity index (χ3v) is 12.0. The van der Waals surface area contributed by atoms with Gasteiger partial charge in [0.2, 0.25) is 0 Å². The summed E-state index contributed by atoms with van der Waals surface area (Å²) in [5.74, 6) is 1.81. The zero-order valence-electron chi connectivity index (χ0n) is 33.4. The van der Waals surface area contributed by atoms with Crippen LogP contribution >= 0.6 is 0 Å². The topological polar surface area (TPSA) is 64.5 Å². The van der Waals surface area contributed by atoms with Gasteiger partial charge < -0.3 is 0 Å². The van der Waals surface area contributed by atoms with Crippen molar-refractivity contribution >= 4 is 53.9 Å². The Morgan fingerprint density at radius 2 is 0.677 bits per heavy atom. The van der Waals surface area contributed by atoms with Crippen LogP contribution < -0.4 is 0 Å². The molecule has 0 saturated carbocycles. The Balaban J connectivity index is 1.07. The Hall–Kier alpha value is -8.41. The Morgan fingerprint density at radius 3 is 1.27 bits per heavy atom. The first-order valence-electron chi connectivity index (χ1n) is 20.8. The summed E-state index contributed by atoms with van der Waals surface area (Å²) in [6, 6.07) is 69.5. The number of nitrogens with zero attached hydrogens (tertiary/aromatic N) is 5. The van der Waals surface area contributed by atoms with E-state index in [1.807, 2.05) is 12.4 Å². The molecule has 5 nitrogen and oxygen atoms in total. The minimum Gasteiger partial charge on any atom is -0.244 e. The number of hydrogen-bond acceptors (Lipinski definition) is 5. The first-order valence-corrected chi connectivity index (χ1v) is 20.8. The van der Waals surface area contributed by atoms with Crippen molar-refractivity contribution in [2.75, 3.05) is 0 Å². The van der Waals surface area contributed by atoms with Crippen molar-refractivity contribution in [3.63, 3.8) is 0 Å². The van der Waals surface area contributed by atoms with E-state index in [0.717, 1.165) is 60.8 Å². The summed E-state index contributed by atoms with van der Waals surface area (Å²) in [4.78, 5) is 24.2. The van der Waals surface area contributed by atoms with Crippen molar-refractivity contribution in [3.05, 3.63) is 213 Å². The molecule has 2 heterocycles. The van der Waals surface area contributed by atoms with Crippen LogP contribution in [0.3, 0.4) is 0 Å². The Labute approximate surface area is 357 Å². The second-order valence-corrected chi connectivity index (χ2v) is 15.9. The predicted molar refractivity (Wildman–Crippen MR) is 256 cm³/mol. The Kier molecular flexibility index (Phi) is 8.42. The minimum absolute atomic E-state index is 0.593. The quantitative estimate of drug-likeness (QED) is 0.157. The molecule has 12 rings (SSSR count). The highest BCUT2D eigenvalue weighted by Gasteiger charge is 2.17. The van der Waals surface area contributed by atoms with Gasteiger partial charge in [-0.25, -0.2) is 24.9 Å². The summed E-state index contributed by atoms with van der Waals surface area (Å²) in [7, 11) is 0. The first-order chi connectivity index (χ1) is 30.6. The zero-order chi connectivity index (χ0) is 41.0. The van der Waals surface area contributed by atoms with Crippen LogP contribution in [0.15, 0.2) is 213 Å². The largest absolute Gasteiger partial charge is 0.244 e.